The Hall–Kier alpha value is -2.41. The first kappa shape index (κ1) is 17.0. The number of nitrogens with zero attached hydrogens (tertiary/aromatic N) is 4. The molecule has 1 atom stereocenters. The second-order valence-corrected chi connectivity index (χ2v) is 7.45. The van der Waals surface area contributed by atoms with Gasteiger partial charge in [-0.1, -0.05) is 35.5 Å². The lowest BCUT2D eigenvalue weighted by atomic mass is 9.88. The van der Waals surface area contributed by atoms with E-state index in [4.69, 9.17) is 4.84 Å². The first-order chi connectivity index (χ1) is 12.6. The first-order valence-corrected chi connectivity index (χ1v) is 9.15. The van der Waals surface area contributed by atoms with Crippen molar-refractivity contribution in [1.82, 2.24) is 15.1 Å². The Bertz CT molecular complexity index is 736. The number of benzene rings is 1. The van der Waals surface area contributed by atoms with Crippen molar-refractivity contribution < 1.29 is 9.63 Å². The van der Waals surface area contributed by atoms with E-state index in [0.29, 0.717) is 5.96 Å². The molecule has 26 heavy (non-hydrogen) atoms. The highest BCUT2D eigenvalue weighted by atomic mass is 16.6. The van der Waals surface area contributed by atoms with Crippen LogP contribution in [0.1, 0.15) is 24.8 Å². The summed E-state index contributed by atoms with van der Waals surface area (Å²) in [5, 5.41) is 7.16. The van der Waals surface area contributed by atoms with E-state index >= 15 is 0 Å². The molecule has 1 fully saturated rings. The van der Waals surface area contributed by atoms with Gasteiger partial charge in [-0.3, -0.25) is 15.0 Å². The molecule has 1 N–H and O–H groups in total. The molecule has 0 radical (unpaired) electrons. The fourth-order valence-electron chi connectivity index (χ4n) is 3.77. The molecule has 138 valence electrons. The maximum atomic E-state index is 12.4. The second-order valence-electron chi connectivity index (χ2n) is 7.45. The van der Waals surface area contributed by atoms with Gasteiger partial charge >= 0.3 is 0 Å². The van der Waals surface area contributed by atoms with Crippen molar-refractivity contribution in [2.24, 2.45) is 10.1 Å². The zero-order valence-electron chi connectivity index (χ0n) is 15.3. The zero-order chi connectivity index (χ0) is 18.1. The summed E-state index contributed by atoms with van der Waals surface area (Å²) in [6.45, 7) is 2.53. The number of oxime groups is 1. The molecular formula is C19H25N5O2. The Morgan fingerprint density at radius 2 is 2.00 bits per heavy atom. The van der Waals surface area contributed by atoms with Crippen molar-refractivity contribution in [3.8, 4) is 0 Å². The molecule has 1 unspecified atom stereocenters. The van der Waals surface area contributed by atoms with Crippen LogP contribution < -0.4 is 5.32 Å². The van der Waals surface area contributed by atoms with E-state index in [9.17, 15) is 4.79 Å². The highest BCUT2D eigenvalue weighted by Gasteiger charge is 2.46. The summed E-state index contributed by atoms with van der Waals surface area (Å²) in [4.78, 5) is 26.9. The maximum absolute atomic E-state index is 12.4. The van der Waals surface area contributed by atoms with E-state index < -0.39 is 5.54 Å². The highest BCUT2D eigenvalue weighted by Crippen LogP contribution is 2.30. The third-order valence-corrected chi connectivity index (χ3v) is 5.38. The van der Waals surface area contributed by atoms with Gasteiger partial charge in [-0.15, -0.1) is 0 Å². The molecule has 1 amide bonds. The Morgan fingerprint density at radius 3 is 2.65 bits per heavy atom. The van der Waals surface area contributed by atoms with Gasteiger partial charge < -0.3 is 9.74 Å². The van der Waals surface area contributed by atoms with Crippen molar-refractivity contribution in [2.45, 2.75) is 30.9 Å². The first-order valence-electron chi connectivity index (χ1n) is 9.15. The molecule has 0 aromatic heterocycles. The molecule has 0 bridgehead atoms. The Balaban J connectivity index is 1.31. The van der Waals surface area contributed by atoms with Gasteiger partial charge in [0.1, 0.15) is 11.6 Å². The van der Waals surface area contributed by atoms with Crippen LogP contribution in [0.2, 0.25) is 0 Å². The molecule has 0 saturated carbocycles. The predicted octanol–water partition coefficient (Wildman–Crippen LogP) is 1.06. The summed E-state index contributed by atoms with van der Waals surface area (Å²) in [6, 6.07) is 10.2. The molecule has 4 rings (SSSR count). The average Bonchev–Trinajstić information content (AvgIpc) is 3.24. The van der Waals surface area contributed by atoms with Crippen LogP contribution in [0.15, 0.2) is 40.5 Å². The van der Waals surface area contributed by atoms with E-state index in [1.165, 1.54) is 0 Å². The smallest absolute Gasteiger partial charge is 0.254 e. The van der Waals surface area contributed by atoms with Gasteiger partial charge in [0.2, 0.25) is 5.96 Å². The van der Waals surface area contributed by atoms with Crippen LogP contribution in [0, 0.1) is 0 Å². The van der Waals surface area contributed by atoms with Gasteiger partial charge in [0.05, 0.1) is 5.71 Å². The summed E-state index contributed by atoms with van der Waals surface area (Å²) in [7, 11) is 3.80. The van der Waals surface area contributed by atoms with Gasteiger partial charge in [-0.25, -0.2) is 4.99 Å². The van der Waals surface area contributed by atoms with Gasteiger partial charge in [0, 0.05) is 40.2 Å². The second kappa shape index (κ2) is 6.72. The summed E-state index contributed by atoms with van der Waals surface area (Å²) >= 11 is 0. The maximum Gasteiger partial charge on any atom is 0.254 e. The lowest BCUT2D eigenvalue weighted by molar-refractivity contribution is -0.125. The number of nitrogens with one attached hydrogen (secondary N) is 1. The molecule has 1 saturated heterocycles. The van der Waals surface area contributed by atoms with Crippen LogP contribution in [-0.2, 0) is 9.63 Å². The number of hydrogen-bond donors (Lipinski definition) is 1. The minimum atomic E-state index is -0.585. The standard InChI is InChI=1S/C19H25N5O2/c1-23(2)18-20-17(25)19(21-18)8-10-24(11-9-19)13-15-12-16(22-26-15)14-6-4-3-5-7-14/h3-7,15H,8-13H2,1-2H3,(H,20,21,25). The fraction of sp³-hybridized carbons (Fsp3) is 0.526. The number of piperidine rings is 1. The molecule has 3 heterocycles. The van der Waals surface area contributed by atoms with Crippen LogP contribution in [0.25, 0.3) is 0 Å². The minimum absolute atomic E-state index is 0.0349. The number of guanidine groups is 1. The van der Waals surface area contributed by atoms with Gasteiger partial charge in [0.15, 0.2) is 0 Å². The highest BCUT2D eigenvalue weighted by molar-refractivity contribution is 6.07. The molecule has 0 aliphatic carbocycles. The van der Waals surface area contributed by atoms with E-state index in [1.807, 2.05) is 37.2 Å². The molecule has 3 aliphatic rings. The molecule has 1 aromatic carbocycles. The van der Waals surface area contributed by atoms with Crippen LogP contribution in [-0.4, -0.2) is 72.8 Å². The lowest BCUT2D eigenvalue weighted by Crippen LogP contribution is -2.50. The summed E-state index contributed by atoms with van der Waals surface area (Å²) in [6.07, 6.45) is 2.40. The van der Waals surface area contributed by atoms with E-state index in [-0.39, 0.29) is 12.0 Å². The Labute approximate surface area is 153 Å². The molecule has 3 aliphatic heterocycles. The number of amides is 1. The monoisotopic (exact) mass is 355 g/mol. The number of hydrogen-bond acceptors (Lipinski definition) is 6. The van der Waals surface area contributed by atoms with Crippen LogP contribution in [0.5, 0.6) is 0 Å². The predicted molar refractivity (Wildman–Crippen MR) is 100 cm³/mol. The Morgan fingerprint density at radius 1 is 1.27 bits per heavy atom. The molecule has 1 spiro atoms. The number of carbonyl (C=O) groups excluding carboxylic acids is 1. The van der Waals surface area contributed by atoms with E-state index in [0.717, 1.165) is 50.2 Å². The number of carbonyl (C=O) groups is 1. The van der Waals surface area contributed by atoms with Gasteiger partial charge in [0.25, 0.3) is 5.91 Å². The van der Waals surface area contributed by atoms with Gasteiger partial charge in [-0.2, -0.15) is 0 Å². The fourth-order valence-corrected chi connectivity index (χ4v) is 3.77. The van der Waals surface area contributed by atoms with Crippen LogP contribution >= 0.6 is 0 Å². The van der Waals surface area contributed by atoms with Crippen LogP contribution in [0.4, 0.5) is 0 Å². The minimum Gasteiger partial charge on any atom is -0.390 e. The van der Waals surface area contributed by atoms with Crippen molar-refractivity contribution >= 4 is 17.6 Å². The summed E-state index contributed by atoms with van der Waals surface area (Å²) in [5.41, 5.74) is 1.55. The number of aliphatic imine (C=N–C) groups is 1. The largest absolute Gasteiger partial charge is 0.390 e. The third kappa shape index (κ3) is 3.19. The normalized spacial score (nSPS) is 24.8. The van der Waals surface area contributed by atoms with Crippen molar-refractivity contribution in [2.75, 3.05) is 33.7 Å². The number of rotatable bonds is 3. The molecule has 1 aromatic rings. The summed E-state index contributed by atoms with van der Waals surface area (Å²) in [5.74, 6) is 0.705. The van der Waals surface area contributed by atoms with Crippen molar-refractivity contribution in [1.29, 1.82) is 0 Å². The molecule has 7 heteroatoms. The average molecular weight is 355 g/mol. The SMILES string of the molecule is CN(C)C1=NC2(CCN(CC3CC(c4ccccc4)=NO3)CC2)C(=O)N1. The zero-order valence-corrected chi connectivity index (χ0v) is 15.3. The molecule has 7 nitrogen and oxygen atoms in total. The third-order valence-electron chi connectivity index (χ3n) is 5.38. The number of likely N-dealkylation sites (tertiary alicyclic amines) is 1. The molecular weight excluding hydrogens is 330 g/mol. The lowest BCUT2D eigenvalue weighted by Gasteiger charge is -2.36. The van der Waals surface area contributed by atoms with Crippen molar-refractivity contribution in [3.05, 3.63) is 35.9 Å². The van der Waals surface area contributed by atoms with Crippen molar-refractivity contribution in [3.63, 3.8) is 0 Å². The topological polar surface area (TPSA) is 69.5 Å². The van der Waals surface area contributed by atoms with E-state index in [2.05, 4.69) is 32.5 Å². The summed E-state index contributed by atoms with van der Waals surface area (Å²) < 4.78 is 0. The van der Waals surface area contributed by atoms with Crippen LogP contribution in [0.3, 0.4) is 0 Å². The Kier molecular flexibility index (Phi) is 4.40. The van der Waals surface area contributed by atoms with E-state index in [1.54, 1.807) is 0 Å². The van der Waals surface area contributed by atoms with Gasteiger partial charge in [-0.05, 0) is 18.4 Å². The quantitative estimate of drug-likeness (QED) is 0.880.